The molecular weight excluding hydrogens is 328 g/mol. The second-order valence-corrected chi connectivity index (χ2v) is 6.56. The quantitative estimate of drug-likeness (QED) is 0.757. The molecule has 0 saturated carbocycles. The van der Waals surface area contributed by atoms with Gasteiger partial charge in [0.1, 0.15) is 5.82 Å². The van der Waals surface area contributed by atoms with Gasteiger partial charge in [0.05, 0.1) is 16.9 Å². The van der Waals surface area contributed by atoms with Crippen molar-refractivity contribution in [2.24, 2.45) is 0 Å². The van der Waals surface area contributed by atoms with Gasteiger partial charge >= 0.3 is 5.97 Å². The maximum atomic E-state index is 11.1. The van der Waals surface area contributed by atoms with Crippen molar-refractivity contribution in [3.63, 3.8) is 0 Å². The minimum atomic E-state index is -0.929. The number of nitrogens with zero attached hydrogens (tertiary/aromatic N) is 3. The predicted octanol–water partition coefficient (Wildman–Crippen LogP) is 3.27. The van der Waals surface area contributed by atoms with Crippen molar-refractivity contribution in [3.8, 4) is 16.9 Å². The molecule has 6 heteroatoms. The Bertz CT molecular complexity index is 957. The van der Waals surface area contributed by atoms with Crippen molar-refractivity contribution < 1.29 is 9.90 Å². The summed E-state index contributed by atoms with van der Waals surface area (Å²) in [6.07, 6.45) is 0.924. The molecule has 0 atom stereocenters. The van der Waals surface area contributed by atoms with Crippen LogP contribution in [0.4, 0.5) is 11.5 Å². The lowest BCUT2D eigenvalue weighted by atomic mass is 10.1. The van der Waals surface area contributed by atoms with E-state index in [2.05, 4.69) is 34.5 Å². The molecule has 0 fully saturated rings. The molecule has 0 saturated heterocycles. The number of aromatic carboxylic acids is 1. The number of carbonyl (C=O) groups is 1. The summed E-state index contributed by atoms with van der Waals surface area (Å²) in [5, 5.41) is 17.3. The van der Waals surface area contributed by atoms with Gasteiger partial charge in [-0.1, -0.05) is 12.1 Å². The Morgan fingerprint density at radius 3 is 2.42 bits per heavy atom. The van der Waals surface area contributed by atoms with Gasteiger partial charge in [-0.25, -0.2) is 9.48 Å². The molecule has 132 valence electrons. The third-order valence-electron chi connectivity index (χ3n) is 4.67. The fraction of sp³-hybridized carbons (Fsp3) is 0.200. The summed E-state index contributed by atoms with van der Waals surface area (Å²) >= 11 is 0. The Morgan fingerprint density at radius 1 is 1.12 bits per heavy atom. The highest BCUT2D eigenvalue weighted by Gasteiger charge is 2.24. The summed E-state index contributed by atoms with van der Waals surface area (Å²) in [5.41, 5.74) is 5.51. The second kappa shape index (κ2) is 6.22. The number of aromatic nitrogens is 2. The van der Waals surface area contributed by atoms with E-state index in [1.54, 1.807) is 24.3 Å². The molecule has 0 amide bonds. The van der Waals surface area contributed by atoms with Gasteiger partial charge in [0.15, 0.2) is 0 Å². The molecule has 0 bridgehead atoms. The summed E-state index contributed by atoms with van der Waals surface area (Å²) in [6, 6.07) is 15.1. The molecule has 1 aromatic heterocycles. The number of benzene rings is 2. The van der Waals surface area contributed by atoms with Crippen LogP contribution >= 0.6 is 0 Å². The first-order valence-electron chi connectivity index (χ1n) is 8.52. The average Bonchev–Trinajstić information content (AvgIpc) is 3.24. The van der Waals surface area contributed by atoms with E-state index < -0.39 is 5.97 Å². The molecule has 2 aromatic carbocycles. The smallest absolute Gasteiger partial charge is 0.335 e. The molecular formula is C20H20N4O2. The predicted molar refractivity (Wildman–Crippen MR) is 102 cm³/mol. The third-order valence-corrected chi connectivity index (χ3v) is 4.67. The fourth-order valence-electron chi connectivity index (χ4n) is 3.26. The van der Waals surface area contributed by atoms with Crippen molar-refractivity contribution in [2.45, 2.75) is 6.42 Å². The molecule has 0 unspecified atom stereocenters. The van der Waals surface area contributed by atoms with E-state index in [0.29, 0.717) is 0 Å². The number of fused-ring (bicyclic) bond motifs is 1. The van der Waals surface area contributed by atoms with Gasteiger partial charge in [0.25, 0.3) is 0 Å². The first-order chi connectivity index (χ1) is 12.5. The molecule has 4 rings (SSSR count). The number of nitrogens with one attached hydrogen (secondary N) is 1. The number of carboxylic acids is 1. The van der Waals surface area contributed by atoms with Gasteiger partial charge in [-0.3, -0.25) is 0 Å². The van der Waals surface area contributed by atoms with Crippen LogP contribution in [0.2, 0.25) is 0 Å². The summed E-state index contributed by atoms with van der Waals surface area (Å²) in [6.45, 7) is 0.878. The van der Waals surface area contributed by atoms with Crippen molar-refractivity contribution in [1.29, 1.82) is 0 Å². The molecule has 0 spiro atoms. The van der Waals surface area contributed by atoms with Gasteiger partial charge in [-0.15, -0.1) is 0 Å². The standard InChI is InChI=1S/C20H20N4O2/c1-23(2)15-7-3-13(4-8-15)18-17-11-12-21-19(17)24(22-18)16-9-5-14(6-10-16)20(25)26/h3-10,21H,11-12H2,1-2H3,(H,25,26). The van der Waals surface area contributed by atoms with Crippen molar-refractivity contribution in [1.82, 2.24) is 9.78 Å². The summed E-state index contributed by atoms with van der Waals surface area (Å²) in [7, 11) is 4.04. The number of carboxylic acid groups (broad SMARTS) is 1. The number of hydrogen-bond donors (Lipinski definition) is 2. The van der Waals surface area contributed by atoms with E-state index in [1.165, 1.54) is 5.56 Å². The van der Waals surface area contributed by atoms with E-state index in [-0.39, 0.29) is 5.56 Å². The highest BCUT2D eigenvalue weighted by atomic mass is 16.4. The van der Waals surface area contributed by atoms with E-state index in [1.807, 2.05) is 18.8 Å². The van der Waals surface area contributed by atoms with Crippen LogP contribution in [0.25, 0.3) is 16.9 Å². The Morgan fingerprint density at radius 2 is 1.81 bits per heavy atom. The van der Waals surface area contributed by atoms with Gasteiger partial charge < -0.3 is 15.3 Å². The van der Waals surface area contributed by atoms with Crippen LogP contribution < -0.4 is 10.2 Å². The van der Waals surface area contributed by atoms with Crippen LogP contribution in [0.15, 0.2) is 48.5 Å². The van der Waals surface area contributed by atoms with Crippen LogP contribution in [0.3, 0.4) is 0 Å². The highest BCUT2D eigenvalue weighted by molar-refractivity contribution is 5.87. The molecule has 26 heavy (non-hydrogen) atoms. The molecule has 6 nitrogen and oxygen atoms in total. The third kappa shape index (κ3) is 2.69. The Labute approximate surface area is 151 Å². The van der Waals surface area contributed by atoms with Crippen LogP contribution in [0.5, 0.6) is 0 Å². The number of hydrogen-bond acceptors (Lipinski definition) is 4. The summed E-state index contributed by atoms with van der Waals surface area (Å²) < 4.78 is 1.86. The van der Waals surface area contributed by atoms with E-state index in [4.69, 9.17) is 10.2 Å². The SMILES string of the molecule is CN(C)c1ccc(-c2nn(-c3ccc(C(=O)O)cc3)c3c2CCN3)cc1. The lowest BCUT2D eigenvalue weighted by molar-refractivity contribution is 0.0697. The Balaban J connectivity index is 1.76. The molecule has 0 radical (unpaired) electrons. The van der Waals surface area contributed by atoms with Gasteiger partial charge in [0.2, 0.25) is 0 Å². The molecule has 2 N–H and O–H groups in total. The van der Waals surface area contributed by atoms with Crippen LogP contribution in [0, 0.1) is 0 Å². The minimum absolute atomic E-state index is 0.269. The topological polar surface area (TPSA) is 70.4 Å². The zero-order valence-electron chi connectivity index (χ0n) is 14.7. The van der Waals surface area contributed by atoms with Crippen LogP contribution in [0.1, 0.15) is 15.9 Å². The van der Waals surface area contributed by atoms with E-state index in [9.17, 15) is 4.79 Å². The molecule has 0 aliphatic carbocycles. The van der Waals surface area contributed by atoms with E-state index >= 15 is 0 Å². The maximum absolute atomic E-state index is 11.1. The van der Waals surface area contributed by atoms with Crippen molar-refractivity contribution in [3.05, 3.63) is 59.7 Å². The highest BCUT2D eigenvalue weighted by Crippen LogP contribution is 2.35. The monoisotopic (exact) mass is 348 g/mol. The average molecular weight is 348 g/mol. The normalized spacial score (nSPS) is 12.5. The van der Waals surface area contributed by atoms with Crippen molar-refractivity contribution in [2.75, 3.05) is 30.9 Å². The molecule has 2 heterocycles. The molecule has 3 aromatic rings. The summed E-state index contributed by atoms with van der Waals surface area (Å²) in [5.74, 6) is 0.0572. The molecule has 1 aliphatic heterocycles. The number of rotatable bonds is 4. The molecule has 1 aliphatic rings. The van der Waals surface area contributed by atoms with E-state index in [0.717, 1.165) is 41.4 Å². The lowest BCUT2D eigenvalue weighted by Crippen LogP contribution is -2.08. The largest absolute Gasteiger partial charge is 0.478 e. The zero-order valence-corrected chi connectivity index (χ0v) is 14.7. The van der Waals surface area contributed by atoms with Crippen molar-refractivity contribution >= 4 is 17.5 Å². The Hall–Kier alpha value is -3.28. The van der Waals surface area contributed by atoms with Crippen LogP contribution in [-0.2, 0) is 6.42 Å². The Kier molecular flexibility index (Phi) is 3.88. The lowest BCUT2D eigenvalue weighted by Gasteiger charge is -2.12. The van der Waals surface area contributed by atoms with Gasteiger partial charge in [-0.2, -0.15) is 5.10 Å². The minimum Gasteiger partial charge on any atom is -0.478 e. The number of anilines is 2. The maximum Gasteiger partial charge on any atom is 0.335 e. The van der Waals surface area contributed by atoms with Gasteiger partial charge in [0, 0.05) is 37.5 Å². The first-order valence-corrected chi connectivity index (χ1v) is 8.52. The summed E-state index contributed by atoms with van der Waals surface area (Å²) in [4.78, 5) is 13.1. The van der Waals surface area contributed by atoms with Crippen LogP contribution in [-0.4, -0.2) is 41.5 Å². The second-order valence-electron chi connectivity index (χ2n) is 6.56. The zero-order chi connectivity index (χ0) is 18.3. The van der Waals surface area contributed by atoms with Gasteiger partial charge in [-0.05, 0) is 42.8 Å². The fourth-order valence-corrected chi connectivity index (χ4v) is 3.26. The first kappa shape index (κ1) is 16.2.